The maximum atomic E-state index is 10.7. The molecule has 0 aliphatic rings. The third kappa shape index (κ3) is 3.49. The Morgan fingerprint density at radius 2 is 2.28 bits per heavy atom. The van der Waals surface area contributed by atoms with Crippen molar-refractivity contribution in [3.63, 3.8) is 0 Å². The molecule has 1 unspecified atom stereocenters. The van der Waals surface area contributed by atoms with Gasteiger partial charge in [-0.2, -0.15) is 0 Å². The van der Waals surface area contributed by atoms with Crippen molar-refractivity contribution in [1.29, 1.82) is 0 Å². The lowest BCUT2D eigenvalue weighted by Gasteiger charge is -2.09. The Bertz CT molecular complexity index is 464. The van der Waals surface area contributed by atoms with E-state index in [0.717, 1.165) is 0 Å². The minimum Gasteiger partial charge on any atom is -0.497 e. The first-order chi connectivity index (χ1) is 8.45. The van der Waals surface area contributed by atoms with Crippen LogP contribution in [-0.4, -0.2) is 35.1 Å². The van der Waals surface area contributed by atoms with Crippen LogP contribution in [0.5, 0.6) is 11.5 Å². The van der Waals surface area contributed by atoms with Gasteiger partial charge in [-0.1, -0.05) is 0 Å². The van der Waals surface area contributed by atoms with Gasteiger partial charge in [0.2, 0.25) is 5.75 Å². The monoisotopic (exact) mass is 275 g/mol. The summed E-state index contributed by atoms with van der Waals surface area (Å²) in [5.74, 6) is -0.995. The van der Waals surface area contributed by atoms with Crippen LogP contribution >= 0.6 is 11.6 Å². The second-order valence-corrected chi connectivity index (χ2v) is 3.73. The predicted molar refractivity (Wildman–Crippen MR) is 62.4 cm³/mol. The van der Waals surface area contributed by atoms with Gasteiger partial charge >= 0.3 is 11.7 Å². The van der Waals surface area contributed by atoms with E-state index in [2.05, 4.69) is 0 Å². The first-order valence-electron chi connectivity index (χ1n) is 4.77. The molecule has 0 spiro atoms. The number of ether oxygens (including phenoxy) is 2. The van der Waals surface area contributed by atoms with Gasteiger partial charge in [0.1, 0.15) is 12.4 Å². The molecule has 0 fully saturated rings. The molecule has 0 saturated carbocycles. The third-order valence-electron chi connectivity index (χ3n) is 2.02. The maximum Gasteiger partial charge on any atom is 0.325 e. The number of hydrogen-bond acceptors (Lipinski definition) is 5. The highest BCUT2D eigenvalue weighted by molar-refractivity contribution is 6.29. The molecule has 1 atom stereocenters. The van der Waals surface area contributed by atoms with Crippen molar-refractivity contribution < 1.29 is 24.3 Å². The van der Waals surface area contributed by atoms with Crippen molar-refractivity contribution in [2.45, 2.75) is 5.38 Å². The summed E-state index contributed by atoms with van der Waals surface area (Å²) in [4.78, 5) is 20.6. The quantitative estimate of drug-likeness (QED) is 0.482. The summed E-state index contributed by atoms with van der Waals surface area (Å²) in [5.41, 5.74) is -0.287. The van der Waals surface area contributed by atoms with E-state index in [9.17, 15) is 14.9 Å². The molecule has 0 saturated heterocycles. The van der Waals surface area contributed by atoms with E-state index in [0.29, 0.717) is 5.75 Å². The van der Waals surface area contributed by atoms with Crippen molar-refractivity contribution in [1.82, 2.24) is 0 Å². The topological polar surface area (TPSA) is 98.9 Å². The molecule has 1 aromatic rings. The number of nitro groups is 1. The number of nitrogens with zero attached hydrogens (tertiary/aromatic N) is 1. The number of benzene rings is 1. The van der Waals surface area contributed by atoms with Gasteiger partial charge in [0.05, 0.1) is 12.0 Å². The largest absolute Gasteiger partial charge is 0.497 e. The first-order valence-corrected chi connectivity index (χ1v) is 5.21. The number of carboxylic acid groups (broad SMARTS) is 1. The summed E-state index contributed by atoms with van der Waals surface area (Å²) in [6.07, 6.45) is 0. The molecule has 0 radical (unpaired) electrons. The molecule has 0 aliphatic heterocycles. The fraction of sp³-hybridized carbons (Fsp3) is 0.300. The van der Waals surface area contributed by atoms with Crippen LogP contribution in [0.3, 0.4) is 0 Å². The van der Waals surface area contributed by atoms with Gasteiger partial charge < -0.3 is 14.6 Å². The van der Waals surface area contributed by atoms with Crippen LogP contribution in [0.15, 0.2) is 18.2 Å². The van der Waals surface area contributed by atoms with E-state index in [1.807, 2.05) is 0 Å². The number of aliphatic carboxylic acids is 1. The Kier molecular flexibility index (Phi) is 4.73. The number of alkyl halides is 1. The molecule has 8 heteroatoms. The van der Waals surface area contributed by atoms with E-state index >= 15 is 0 Å². The van der Waals surface area contributed by atoms with Crippen molar-refractivity contribution in [2.75, 3.05) is 13.7 Å². The Morgan fingerprint density at radius 1 is 1.61 bits per heavy atom. The molecule has 0 bridgehead atoms. The lowest BCUT2D eigenvalue weighted by Crippen LogP contribution is -2.21. The third-order valence-corrected chi connectivity index (χ3v) is 2.33. The number of halogens is 1. The maximum absolute atomic E-state index is 10.7. The van der Waals surface area contributed by atoms with Gasteiger partial charge in [0, 0.05) is 12.1 Å². The van der Waals surface area contributed by atoms with Gasteiger partial charge in [-0.3, -0.25) is 14.9 Å². The minimum absolute atomic E-state index is 0.0914. The molecular weight excluding hydrogens is 266 g/mol. The lowest BCUT2D eigenvalue weighted by molar-refractivity contribution is -0.385. The Morgan fingerprint density at radius 3 is 2.78 bits per heavy atom. The minimum atomic E-state index is -1.28. The predicted octanol–water partition coefficient (Wildman–Crippen LogP) is 1.67. The Labute approximate surface area is 107 Å². The zero-order chi connectivity index (χ0) is 13.7. The van der Waals surface area contributed by atoms with Crippen molar-refractivity contribution in [2.24, 2.45) is 0 Å². The summed E-state index contributed by atoms with van der Waals surface area (Å²) >= 11 is 5.45. The van der Waals surface area contributed by atoms with Crippen LogP contribution in [0.25, 0.3) is 0 Å². The molecular formula is C10H10ClNO6. The van der Waals surface area contributed by atoms with E-state index < -0.39 is 16.3 Å². The van der Waals surface area contributed by atoms with Gasteiger partial charge in [-0.05, 0) is 6.07 Å². The molecule has 0 aromatic heterocycles. The fourth-order valence-electron chi connectivity index (χ4n) is 1.12. The molecule has 1 N–H and O–H groups in total. The van der Waals surface area contributed by atoms with E-state index in [4.69, 9.17) is 26.2 Å². The van der Waals surface area contributed by atoms with Crippen LogP contribution in [0.2, 0.25) is 0 Å². The summed E-state index contributed by atoms with van der Waals surface area (Å²) in [6, 6.07) is 3.90. The Hall–Kier alpha value is -2.02. The number of nitro benzene ring substituents is 1. The number of hydrogen-bond donors (Lipinski definition) is 1. The zero-order valence-corrected chi connectivity index (χ0v) is 10.1. The molecule has 1 aromatic carbocycles. The normalized spacial score (nSPS) is 11.7. The number of carboxylic acids is 1. The summed E-state index contributed by atoms with van der Waals surface area (Å²) in [5, 5.41) is 18.0. The average Bonchev–Trinajstić information content (AvgIpc) is 2.34. The van der Waals surface area contributed by atoms with E-state index in [1.54, 1.807) is 0 Å². The van der Waals surface area contributed by atoms with E-state index in [1.165, 1.54) is 25.3 Å². The standard InChI is InChI=1S/C10H10ClNO6/c1-17-6-2-3-8(12(15)16)9(4-6)18-5-7(11)10(13)14/h2-4,7H,5H2,1H3,(H,13,14). The van der Waals surface area contributed by atoms with Gasteiger partial charge in [0.15, 0.2) is 5.38 Å². The fourth-order valence-corrected chi connectivity index (χ4v) is 1.19. The van der Waals surface area contributed by atoms with Crippen LogP contribution in [0.1, 0.15) is 0 Å². The zero-order valence-electron chi connectivity index (χ0n) is 9.33. The van der Waals surface area contributed by atoms with Crippen LogP contribution in [0.4, 0.5) is 5.69 Å². The van der Waals surface area contributed by atoms with Gasteiger partial charge in [-0.25, -0.2) is 0 Å². The van der Waals surface area contributed by atoms with Gasteiger partial charge in [-0.15, -0.1) is 11.6 Å². The number of rotatable bonds is 6. The lowest BCUT2D eigenvalue weighted by atomic mass is 10.3. The summed E-state index contributed by atoms with van der Waals surface area (Å²) in [6.45, 7) is -0.384. The average molecular weight is 276 g/mol. The number of carbonyl (C=O) groups is 1. The molecule has 18 heavy (non-hydrogen) atoms. The van der Waals surface area contributed by atoms with Crippen molar-refractivity contribution in [3.05, 3.63) is 28.3 Å². The molecule has 7 nitrogen and oxygen atoms in total. The Balaban J connectivity index is 2.90. The van der Waals surface area contributed by atoms with Gasteiger partial charge in [0.25, 0.3) is 0 Å². The summed E-state index contributed by atoms with van der Waals surface area (Å²) in [7, 11) is 1.40. The molecule has 98 valence electrons. The smallest absolute Gasteiger partial charge is 0.325 e. The first kappa shape index (κ1) is 14.0. The molecule has 0 heterocycles. The highest BCUT2D eigenvalue weighted by atomic mass is 35.5. The SMILES string of the molecule is COc1ccc([N+](=O)[O-])c(OCC(Cl)C(=O)O)c1. The van der Waals surface area contributed by atoms with E-state index in [-0.39, 0.29) is 18.0 Å². The second kappa shape index (κ2) is 6.06. The van der Waals surface area contributed by atoms with Crippen molar-refractivity contribution in [3.8, 4) is 11.5 Å². The highest BCUT2D eigenvalue weighted by Crippen LogP contribution is 2.31. The van der Waals surface area contributed by atoms with Crippen LogP contribution < -0.4 is 9.47 Å². The van der Waals surface area contributed by atoms with Crippen LogP contribution in [-0.2, 0) is 4.79 Å². The highest BCUT2D eigenvalue weighted by Gasteiger charge is 2.20. The molecule has 1 rings (SSSR count). The second-order valence-electron chi connectivity index (χ2n) is 3.21. The molecule has 0 aliphatic carbocycles. The van der Waals surface area contributed by atoms with Crippen molar-refractivity contribution >= 4 is 23.3 Å². The summed E-state index contributed by atoms with van der Waals surface area (Å²) < 4.78 is 9.92. The number of methoxy groups -OCH3 is 1. The van der Waals surface area contributed by atoms with Crippen LogP contribution in [0, 0.1) is 10.1 Å². The molecule has 0 amide bonds.